The van der Waals surface area contributed by atoms with Crippen molar-refractivity contribution in [2.24, 2.45) is 0 Å². The van der Waals surface area contributed by atoms with E-state index in [0.29, 0.717) is 11.4 Å². The minimum absolute atomic E-state index is 0.386. The molecule has 2 rings (SSSR count). The Bertz CT molecular complexity index is 570. The average molecular weight is 243 g/mol. The van der Waals surface area contributed by atoms with Crippen LogP contribution in [0.2, 0.25) is 0 Å². The maximum atomic E-state index is 11.4. The normalized spacial score (nSPS) is 9.89. The number of hydrogen-bond acceptors (Lipinski definition) is 5. The molecule has 0 aromatic carbocycles. The number of anilines is 2. The van der Waals surface area contributed by atoms with Gasteiger partial charge in [-0.15, -0.1) is 0 Å². The van der Waals surface area contributed by atoms with Crippen molar-refractivity contribution < 1.29 is 9.53 Å². The van der Waals surface area contributed by atoms with E-state index in [2.05, 4.69) is 20.0 Å². The molecule has 0 bridgehead atoms. The van der Waals surface area contributed by atoms with E-state index in [1.54, 1.807) is 30.7 Å². The van der Waals surface area contributed by atoms with Gasteiger partial charge in [0.25, 0.3) is 0 Å². The Labute approximate surface area is 105 Å². The fourth-order valence-electron chi connectivity index (χ4n) is 1.48. The van der Waals surface area contributed by atoms with Crippen molar-refractivity contribution in [2.75, 3.05) is 12.4 Å². The number of methoxy groups -OCH3 is 1. The van der Waals surface area contributed by atoms with Crippen molar-refractivity contribution in [2.45, 2.75) is 6.92 Å². The molecule has 92 valence electrons. The Balaban J connectivity index is 2.25. The standard InChI is InChI=1S/C13H13N3O2/c1-9-3-5-14-8-11(9)16-12-7-10(4-6-15-12)13(17)18-2/h3-8H,1-2H3,(H,15,16). The number of rotatable bonds is 3. The summed E-state index contributed by atoms with van der Waals surface area (Å²) in [4.78, 5) is 19.6. The lowest BCUT2D eigenvalue weighted by atomic mass is 10.2. The van der Waals surface area contributed by atoms with Gasteiger partial charge in [0.1, 0.15) is 5.82 Å². The summed E-state index contributed by atoms with van der Waals surface area (Å²) in [6.07, 6.45) is 4.99. The van der Waals surface area contributed by atoms with Crippen LogP contribution in [-0.4, -0.2) is 23.0 Å². The van der Waals surface area contributed by atoms with Gasteiger partial charge in [0.05, 0.1) is 24.6 Å². The number of carbonyl (C=O) groups excluding carboxylic acids is 1. The number of aryl methyl sites for hydroxylation is 1. The minimum Gasteiger partial charge on any atom is -0.465 e. The molecule has 0 saturated heterocycles. The summed E-state index contributed by atoms with van der Waals surface area (Å²) in [6, 6.07) is 5.14. The highest BCUT2D eigenvalue weighted by Crippen LogP contribution is 2.18. The predicted octanol–water partition coefficient (Wildman–Crippen LogP) is 2.32. The van der Waals surface area contributed by atoms with E-state index in [1.807, 2.05) is 13.0 Å². The smallest absolute Gasteiger partial charge is 0.338 e. The number of pyridine rings is 2. The van der Waals surface area contributed by atoms with Crippen LogP contribution in [0.1, 0.15) is 15.9 Å². The van der Waals surface area contributed by atoms with Crippen molar-refractivity contribution in [1.29, 1.82) is 0 Å². The lowest BCUT2D eigenvalue weighted by molar-refractivity contribution is 0.0600. The molecule has 0 atom stereocenters. The molecule has 0 radical (unpaired) electrons. The Hall–Kier alpha value is -2.43. The molecule has 0 saturated carbocycles. The van der Waals surface area contributed by atoms with Gasteiger partial charge in [-0.2, -0.15) is 0 Å². The summed E-state index contributed by atoms with van der Waals surface area (Å²) in [5, 5.41) is 3.11. The van der Waals surface area contributed by atoms with E-state index in [0.717, 1.165) is 11.3 Å². The van der Waals surface area contributed by atoms with Crippen molar-refractivity contribution >= 4 is 17.5 Å². The zero-order chi connectivity index (χ0) is 13.0. The zero-order valence-electron chi connectivity index (χ0n) is 10.2. The van der Waals surface area contributed by atoms with Gasteiger partial charge in [-0.3, -0.25) is 4.98 Å². The number of ether oxygens (including phenoxy) is 1. The van der Waals surface area contributed by atoms with Crippen LogP contribution in [0.15, 0.2) is 36.8 Å². The van der Waals surface area contributed by atoms with E-state index in [1.165, 1.54) is 7.11 Å². The topological polar surface area (TPSA) is 64.1 Å². The molecular formula is C13H13N3O2. The molecule has 0 amide bonds. The first-order valence-electron chi connectivity index (χ1n) is 5.42. The van der Waals surface area contributed by atoms with Gasteiger partial charge < -0.3 is 10.1 Å². The number of esters is 1. The highest BCUT2D eigenvalue weighted by molar-refractivity contribution is 5.90. The molecule has 0 fully saturated rings. The molecule has 0 spiro atoms. The zero-order valence-corrected chi connectivity index (χ0v) is 10.2. The number of nitrogens with one attached hydrogen (secondary N) is 1. The van der Waals surface area contributed by atoms with Crippen LogP contribution >= 0.6 is 0 Å². The van der Waals surface area contributed by atoms with Crippen LogP contribution in [0, 0.1) is 6.92 Å². The molecule has 18 heavy (non-hydrogen) atoms. The molecule has 2 aromatic rings. The minimum atomic E-state index is -0.386. The maximum absolute atomic E-state index is 11.4. The fourth-order valence-corrected chi connectivity index (χ4v) is 1.48. The monoisotopic (exact) mass is 243 g/mol. The first-order valence-corrected chi connectivity index (χ1v) is 5.42. The van der Waals surface area contributed by atoms with Crippen LogP contribution in [0.4, 0.5) is 11.5 Å². The summed E-state index contributed by atoms with van der Waals surface area (Å²) in [6.45, 7) is 1.97. The number of aromatic nitrogens is 2. The Morgan fingerprint density at radius 2 is 2.17 bits per heavy atom. The largest absolute Gasteiger partial charge is 0.465 e. The van der Waals surface area contributed by atoms with Crippen molar-refractivity contribution in [3.05, 3.63) is 47.9 Å². The van der Waals surface area contributed by atoms with E-state index in [4.69, 9.17) is 0 Å². The Kier molecular flexibility index (Phi) is 3.52. The average Bonchev–Trinajstić information content (AvgIpc) is 2.41. The maximum Gasteiger partial charge on any atom is 0.338 e. The van der Waals surface area contributed by atoms with Gasteiger partial charge in [-0.05, 0) is 30.7 Å². The van der Waals surface area contributed by atoms with E-state index in [9.17, 15) is 4.79 Å². The third kappa shape index (κ3) is 2.63. The lowest BCUT2D eigenvalue weighted by Gasteiger charge is -2.08. The molecule has 0 aliphatic carbocycles. The number of hydrogen-bond donors (Lipinski definition) is 1. The number of carbonyl (C=O) groups is 1. The first kappa shape index (κ1) is 12.0. The summed E-state index contributed by atoms with van der Waals surface area (Å²) in [5.41, 5.74) is 2.36. The summed E-state index contributed by atoms with van der Waals surface area (Å²) in [7, 11) is 1.35. The van der Waals surface area contributed by atoms with Crippen LogP contribution in [-0.2, 0) is 4.74 Å². The third-order valence-electron chi connectivity index (χ3n) is 2.48. The van der Waals surface area contributed by atoms with Crippen LogP contribution < -0.4 is 5.32 Å². The molecule has 0 aliphatic heterocycles. The molecule has 5 nitrogen and oxygen atoms in total. The molecule has 0 unspecified atom stereocenters. The summed E-state index contributed by atoms with van der Waals surface area (Å²) < 4.78 is 4.66. The van der Waals surface area contributed by atoms with Gasteiger partial charge in [0.15, 0.2) is 0 Å². The van der Waals surface area contributed by atoms with Gasteiger partial charge in [0.2, 0.25) is 0 Å². The summed E-state index contributed by atoms with van der Waals surface area (Å²) in [5.74, 6) is 0.192. The molecule has 2 aromatic heterocycles. The van der Waals surface area contributed by atoms with Gasteiger partial charge >= 0.3 is 5.97 Å². The fraction of sp³-hybridized carbons (Fsp3) is 0.154. The molecule has 5 heteroatoms. The van der Waals surface area contributed by atoms with Crippen molar-refractivity contribution in [3.63, 3.8) is 0 Å². The van der Waals surface area contributed by atoms with E-state index in [-0.39, 0.29) is 5.97 Å². The molecule has 2 heterocycles. The van der Waals surface area contributed by atoms with Crippen LogP contribution in [0.3, 0.4) is 0 Å². The Morgan fingerprint density at radius 3 is 2.89 bits per heavy atom. The van der Waals surface area contributed by atoms with Gasteiger partial charge in [-0.1, -0.05) is 0 Å². The predicted molar refractivity (Wildman–Crippen MR) is 67.8 cm³/mol. The highest BCUT2D eigenvalue weighted by atomic mass is 16.5. The molecular weight excluding hydrogens is 230 g/mol. The highest BCUT2D eigenvalue weighted by Gasteiger charge is 2.07. The van der Waals surface area contributed by atoms with Crippen LogP contribution in [0.25, 0.3) is 0 Å². The molecule has 0 aliphatic rings. The quantitative estimate of drug-likeness (QED) is 0.838. The van der Waals surface area contributed by atoms with E-state index >= 15 is 0 Å². The second-order valence-electron chi connectivity index (χ2n) is 3.74. The van der Waals surface area contributed by atoms with E-state index < -0.39 is 0 Å². The van der Waals surface area contributed by atoms with Crippen molar-refractivity contribution in [3.8, 4) is 0 Å². The van der Waals surface area contributed by atoms with Crippen molar-refractivity contribution in [1.82, 2.24) is 9.97 Å². The van der Waals surface area contributed by atoms with Gasteiger partial charge in [-0.25, -0.2) is 9.78 Å². The third-order valence-corrected chi connectivity index (χ3v) is 2.48. The van der Waals surface area contributed by atoms with Crippen LogP contribution in [0.5, 0.6) is 0 Å². The second kappa shape index (κ2) is 5.27. The summed E-state index contributed by atoms with van der Waals surface area (Å²) >= 11 is 0. The SMILES string of the molecule is COC(=O)c1ccnc(Nc2cnccc2C)c1. The molecule has 1 N–H and O–H groups in total. The first-order chi connectivity index (χ1) is 8.70. The van der Waals surface area contributed by atoms with Gasteiger partial charge in [0, 0.05) is 12.4 Å². The number of nitrogens with zero attached hydrogens (tertiary/aromatic N) is 2. The lowest BCUT2D eigenvalue weighted by Crippen LogP contribution is -2.03. The Morgan fingerprint density at radius 1 is 1.33 bits per heavy atom. The second-order valence-corrected chi connectivity index (χ2v) is 3.74.